The van der Waals surface area contributed by atoms with Gasteiger partial charge in [0.25, 0.3) is 0 Å². The van der Waals surface area contributed by atoms with Gasteiger partial charge in [0.05, 0.1) is 42.1 Å². The minimum Gasteiger partial charge on any atom is -0.375 e. The maximum Gasteiger partial charge on any atom is 0.416 e. The molecule has 0 spiro atoms. The average molecular weight is 559 g/mol. The van der Waals surface area contributed by atoms with Crippen LogP contribution in [0.25, 0.3) is 0 Å². The van der Waals surface area contributed by atoms with Crippen LogP contribution in [-0.2, 0) is 27.1 Å². The summed E-state index contributed by atoms with van der Waals surface area (Å²) in [6.07, 6.45) is -4.66. The molecule has 0 fully saturated rings. The van der Waals surface area contributed by atoms with Gasteiger partial charge in [-0.2, -0.15) is 23.7 Å². The van der Waals surface area contributed by atoms with Crippen molar-refractivity contribution >= 4 is 17.5 Å². The second-order valence-electron chi connectivity index (χ2n) is 9.35. The molecule has 0 saturated carbocycles. The largest absolute Gasteiger partial charge is 0.416 e. The van der Waals surface area contributed by atoms with E-state index >= 15 is 0 Å². The molecule has 0 aliphatic carbocycles. The first-order chi connectivity index (χ1) is 19.7. The van der Waals surface area contributed by atoms with Gasteiger partial charge in [0.1, 0.15) is 5.92 Å². The lowest BCUT2D eigenvalue weighted by atomic mass is 9.75. The number of nitrogens with one attached hydrogen (secondary N) is 1. The smallest absolute Gasteiger partial charge is 0.375 e. The van der Waals surface area contributed by atoms with Crippen LogP contribution in [0, 0.1) is 28.6 Å². The number of carbonyl (C=O) groups excluding carboxylic acids is 2. The van der Waals surface area contributed by atoms with Crippen molar-refractivity contribution in [2.45, 2.75) is 25.6 Å². The highest BCUT2D eigenvalue weighted by molar-refractivity contribution is 6.12. The zero-order chi connectivity index (χ0) is 29.6. The Hall–Kier alpha value is -4.93. The van der Waals surface area contributed by atoms with Gasteiger partial charge in [-0.3, -0.25) is 14.5 Å². The molecule has 1 N–H and O–H groups in total. The highest BCUT2D eigenvalue weighted by Gasteiger charge is 2.46. The number of halogens is 3. The molecular weight excluding hydrogens is 533 g/mol. The summed E-state index contributed by atoms with van der Waals surface area (Å²) in [6, 6.07) is 23.8. The monoisotopic (exact) mass is 558 g/mol. The van der Waals surface area contributed by atoms with Crippen molar-refractivity contribution in [2.75, 3.05) is 18.1 Å². The van der Waals surface area contributed by atoms with Gasteiger partial charge in [-0.25, -0.2) is 0 Å². The van der Waals surface area contributed by atoms with Gasteiger partial charge >= 0.3 is 6.18 Å². The summed E-state index contributed by atoms with van der Waals surface area (Å²) in [7, 11) is 0. The fourth-order valence-corrected chi connectivity index (χ4v) is 4.76. The molecule has 3 aromatic rings. The first kappa shape index (κ1) is 29.1. The Morgan fingerprint density at radius 3 is 2.34 bits per heavy atom. The van der Waals surface area contributed by atoms with Crippen LogP contribution >= 0.6 is 0 Å². The van der Waals surface area contributed by atoms with E-state index in [0.29, 0.717) is 17.7 Å². The fraction of sp³-hybridized carbons (Fsp3) is 0.226. The molecule has 0 radical (unpaired) electrons. The number of hydrogen-bond donors (Lipinski definition) is 1. The lowest BCUT2D eigenvalue weighted by molar-refractivity contribution is -0.138. The third kappa shape index (κ3) is 6.46. The quantitative estimate of drug-likeness (QED) is 0.292. The van der Waals surface area contributed by atoms with Crippen molar-refractivity contribution in [3.63, 3.8) is 0 Å². The molecule has 1 aliphatic rings. The molecule has 2 atom stereocenters. The number of rotatable bonds is 8. The molecule has 0 aromatic heterocycles. The predicted octanol–water partition coefficient (Wildman–Crippen LogP) is 5.45. The van der Waals surface area contributed by atoms with Crippen molar-refractivity contribution in [2.24, 2.45) is 5.92 Å². The van der Waals surface area contributed by atoms with Gasteiger partial charge in [-0.1, -0.05) is 48.5 Å². The lowest BCUT2D eigenvalue weighted by Crippen LogP contribution is -2.50. The maximum atomic E-state index is 13.9. The summed E-state index contributed by atoms with van der Waals surface area (Å²) < 4.78 is 46.0. The zero-order valence-corrected chi connectivity index (χ0v) is 22.0. The van der Waals surface area contributed by atoms with E-state index in [-0.39, 0.29) is 30.1 Å². The van der Waals surface area contributed by atoms with Crippen LogP contribution in [0.5, 0.6) is 0 Å². The minimum absolute atomic E-state index is 0.0483. The van der Waals surface area contributed by atoms with Crippen LogP contribution in [0.4, 0.5) is 18.9 Å². The Morgan fingerprint density at radius 2 is 1.71 bits per heavy atom. The molecule has 0 bridgehead atoms. The highest BCUT2D eigenvalue weighted by Crippen LogP contribution is 2.43. The Balaban J connectivity index is 1.67. The van der Waals surface area contributed by atoms with Crippen LogP contribution in [-0.4, -0.2) is 25.0 Å². The molecule has 3 aromatic carbocycles. The maximum absolute atomic E-state index is 13.9. The Bertz CT molecular complexity index is 1540. The Kier molecular flexibility index (Phi) is 8.86. The van der Waals surface area contributed by atoms with Gasteiger partial charge in [-0.05, 0) is 48.4 Å². The molecule has 7 nitrogen and oxygen atoms in total. The van der Waals surface area contributed by atoms with Crippen LogP contribution in [0.15, 0.2) is 90.1 Å². The first-order valence-electron chi connectivity index (χ1n) is 12.7. The summed E-state index contributed by atoms with van der Waals surface area (Å²) in [5, 5.41) is 22.0. The van der Waals surface area contributed by atoms with Crippen molar-refractivity contribution in [3.05, 3.63) is 112 Å². The van der Waals surface area contributed by atoms with Gasteiger partial charge in [-0.15, -0.1) is 0 Å². The van der Waals surface area contributed by atoms with E-state index in [1.54, 1.807) is 12.1 Å². The molecule has 208 valence electrons. The number of allylic oxidation sites excluding steroid dienone is 2. The van der Waals surface area contributed by atoms with E-state index in [0.717, 1.165) is 28.7 Å². The number of anilines is 1. The first-order valence-corrected chi connectivity index (χ1v) is 12.7. The van der Waals surface area contributed by atoms with Gasteiger partial charge in [0.15, 0.2) is 0 Å². The Morgan fingerprint density at radius 1 is 1.00 bits per heavy atom. The Labute approximate surface area is 235 Å². The SMILES string of the molecule is CC1=C(C#N)C(c2ccc(C#N)cc2)C(C(=O)NCCOCc2ccccc2)C(=O)N1c1cccc(C(F)(F)F)c1. The predicted molar refractivity (Wildman–Crippen MR) is 144 cm³/mol. The van der Waals surface area contributed by atoms with E-state index in [9.17, 15) is 33.3 Å². The number of ether oxygens (including phenoxy) is 1. The minimum atomic E-state index is -4.66. The average Bonchev–Trinajstić information content (AvgIpc) is 2.97. The molecule has 10 heteroatoms. The van der Waals surface area contributed by atoms with Gasteiger partial charge in [0.2, 0.25) is 11.8 Å². The topological polar surface area (TPSA) is 106 Å². The highest BCUT2D eigenvalue weighted by atomic mass is 19.4. The number of nitriles is 2. The molecule has 2 unspecified atom stereocenters. The molecular formula is C31H25F3N4O3. The summed E-state index contributed by atoms with van der Waals surface area (Å²) >= 11 is 0. The second kappa shape index (κ2) is 12.5. The van der Waals surface area contributed by atoms with Crippen LogP contribution < -0.4 is 10.2 Å². The van der Waals surface area contributed by atoms with Crippen LogP contribution in [0.3, 0.4) is 0 Å². The summed E-state index contributed by atoms with van der Waals surface area (Å²) in [5.41, 5.74) is 0.804. The summed E-state index contributed by atoms with van der Waals surface area (Å²) in [5.74, 6) is -3.97. The number of amides is 2. The van der Waals surface area contributed by atoms with Crippen LogP contribution in [0.2, 0.25) is 0 Å². The van der Waals surface area contributed by atoms with Gasteiger partial charge in [0, 0.05) is 23.8 Å². The third-order valence-electron chi connectivity index (χ3n) is 6.75. The van der Waals surface area contributed by atoms with Crippen molar-refractivity contribution < 1.29 is 27.5 Å². The van der Waals surface area contributed by atoms with E-state index in [1.807, 2.05) is 36.4 Å². The lowest BCUT2D eigenvalue weighted by Gasteiger charge is -2.38. The summed E-state index contributed by atoms with van der Waals surface area (Å²) in [4.78, 5) is 28.5. The number of alkyl halides is 3. The number of hydrogen-bond acceptors (Lipinski definition) is 5. The normalized spacial score (nSPS) is 17.1. The van der Waals surface area contributed by atoms with Crippen molar-refractivity contribution in [1.82, 2.24) is 5.32 Å². The van der Waals surface area contributed by atoms with E-state index in [2.05, 4.69) is 11.4 Å². The number of benzene rings is 3. The standard InChI is InChI=1S/C31H25F3N4O3/c1-20-26(18-36)27(23-12-10-21(17-35)11-13-23)28(29(39)37-14-15-41-19-22-6-3-2-4-7-22)30(40)38(20)25-9-5-8-24(16-25)31(32,33)34/h2-13,16,27-28H,14-15,19H2,1H3,(H,37,39). The zero-order valence-electron chi connectivity index (χ0n) is 22.0. The van der Waals surface area contributed by atoms with Gasteiger partial charge < -0.3 is 10.1 Å². The molecule has 2 amide bonds. The van der Waals surface area contributed by atoms with Crippen molar-refractivity contribution in [3.8, 4) is 12.1 Å². The molecule has 1 heterocycles. The third-order valence-corrected chi connectivity index (χ3v) is 6.75. The van der Waals surface area contributed by atoms with E-state index < -0.39 is 35.4 Å². The molecule has 1 aliphatic heterocycles. The summed E-state index contributed by atoms with van der Waals surface area (Å²) in [6.45, 7) is 1.97. The number of nitrogens with zero attached hydrogens (tertiary/aromatic N) is 3. The van der Waals surface area contributed by atoms with E-state index in [1.165, 1.54) is 25.1 Å². The molecule has 41 heavy (non-hydrogen) atoms. The van der Waals surface area contributed by atoms with Crippen molar-refractivity contribution in [1.29, 1.82) is 10.5 Å². The second-order valence-corrected chi connectivity index (χ2v) is 9.35. The molecule has 4 rings (SSSR count). The fourth-order valence-electron chi connectivity index (χ4n) is 4.76. The van der Waals surface area contributed by atoms with E-state index in [4.69, 9.17) is 4.74 Å². The number of carbonyl (C=O) groups is 2. The molecule has 0 saturated heterocycles. The van der Waals surface area contributed by atoms with Crippen LogP contribution in [0.1, 0.15) is 35.1 Å².